The SMILES string of the molecule is CNCc1ncc(-c2ccc(Br)c(Cl)c2)o1. The zero-order valence-corrected chi connectivity index (χ0v) is 11.0. The van der Waals surface area contributed by atoms with Gasteiger partial charge in [0.15, 0.2) is 5.76 Å². The quantitative estimate of drug-likeness (QED) is 0.943. The molecule has 0 unspecified atom stereocenters. The first-order chi connectivity index (χ1) is 7.70. The number of nitrogens with one attached hydrogen (secondary N) is 1. The standard InChI is InChI=1S/C11H10BrClN2O/c1-14-6-11-15-5-10(16-11)7-2-3-8(12)9(13)4-7/h2-5,14H,6H2,1H3. The molecule has 0 radical (unpaired) electrons. The van der Waals surface area contributed by atoms with Gasteiger partial charge in [-0.05, 0) is 41.2 Å². The van der Waals surface area contributed by atoms with Gasteiger partial charge in [0, 0.05) is 10.0 Å². The highest BCUT2D eigenvalue weighted by Crippen LogP contribution is 2.29. The number of benzene rings is 1. The molecule has 3 nitrogen and oxygen atoms in total. The van der Waals surface area contributed by atoms with Gasteiger partial charge in [-0.25, -0.2) is 4.98 Å². The van der Waals surface area contributed by atoms with Crippen LogP contribution in [-0.4, -0.2) is 12.0 Å². The minimum Gasteiger partial charge on any atom is -0.439 e. The average Bonchev–Trinajstić information content (AvgIpc) is 2.71. The van der Waals surface area contributed by atoms with Crippen LogP contribution in [-0.2, 0) is 6.54 Å². The van der Waals surface area contributed by atoms with E-state index in [1.54, 1.807) is 6.20 Å². The Kier molecular flexibility index (Phi) is 3.63. The second kappa shape index (κ2) is 4.99. The largest absolute Gasteiger partial charge is 0.439 e. The molecular weight excluding hydrogens is 291 g/mol. The van der Waals surface area contributed by atoms with Crippen LogP contribution in [0.1, 0.15) is 5.89 Å². The number of rotatable bonds is 3. The fourth-order valence-electron chi connectivity index (χ4n) is 1.33. The summed E-state index contributed by atoms with van der Waals surface area (Å²) in [4.78, 5) is 4.15. The van der Waals surface area contributed by atoms with Crippen molar-refractivity contribution in [3.63, 3.8) is 0 Å². The van der Waals surface area contributed by atoms with Crippen molar-refractivity contribution < 1.29 is 4.42 Å². The van der Waals surface area contributed by atoms with E-state index in [4.69, 9.17) is 16.0 Å². The van der Waals surface area contributed by atoms with Gasteiger partial charge in [0.25, 0.3) is 0 Å². The van der Waals surface area contributed by atoms with Crippen molar-refractivity contribution >= 4 is 27.5 Å². The number of aromatic nitrogens is 1. The molecule has 0 aliphatic carbocycles. The highest BCUT2D eigenvalue weighted by atomic mass is 79.9. The van der Waals surface area contributed by atoms with E-state index in [9.17, 15) is 0 Å². The number of halogens is 2. The topological polar surface area (TPSA) is 38.1 Å². The highest BCUT2D eigenvalue weighted by molar-refractivity contribution is 9.10. The molecule has 0 aliphatic heterocycles. The molecule has 1 aromatic heterocycles. The lowest BCUT2D eigenvalue weighted by atomic mass is 10.2. The summed E-state index contributed by atoms with van der Waals surface area (Å²) in [5.41, 5.74) is 0.919. The van der Waals surface area contributed by atoms with Crippen molar-refractivity contribution in [2.75, 3.05) is 7.05 Å². The van der Waals surface area contributed by atoms with Crippen LogP contribution in [0.15, 0.2) is 33.3 Å². The van der Waals surface area contributed by atoms with E-state index in [1.807, 2.05) is 25.2 Å². The Morgan fingerprint density at radius 3 is 3.00 bits per heavy atom. The average molecular weight is 302 g/mol. The lowest BCUT2D eigenvalue weighted by Crippen LogP contribution is -2.04. The Hall–Kier alpha value is -0.840. The Labute approximate surface area is 107 Å². The van der Waals surface area contributed by atoms with Gasteiger partial charge in [-0.2, -0.15) is 0 Å². The van der Waals surface area contributed by atoms with Crippen LogP contribution >= 0.6 is 27.5 Å². The van der Waals surface area contributed by atoms with Gasteiger partial charge >= 0.3 is 0 Å². The fraction of sp³-hybridized carbons (Fsp3) is 0.182. The predicted octanol–water partition coefficient (Wildman–Crippen LogP) is 3.48. The minimum absolute atomic E-state index is 0.615. The molecule has 0 amide bonds. The maximum Gasteiger partial charge on any atom is 0.208 e. The molecule has 0 spiro atoms. The monoisotopic (exact) mass is 300 g/mol. The molecule has 0 aliphatic rings. The Morgan fingerprint density at radius 1 is 1.50 bits per heavy atom. The normalized spacial score (nSPS) is 10.7. The third-order valence-electron chi connectivity index (χ3n) is 2.09. The zero-order chi connectivity index (χ0) is 11.5. The zero-order valence-electron chi connectivity index (χ0n) is 8.63. The van der Waals surface area contributed by atoms with Crippen molar-refractivity contribution in [3.8, 4) is 11.3 Å². The van der Waals surface area contributed by atoms with E-state index < -0.39 is 0 Å². The maximum atomic E-state index is 6.01. The van der Waals surface area contributed by atoms with Gasteiger partial charge in [0.05, 0.1) is 17.8 Å². The molecule has 0 fully saturated rings. The van der Waals surface area contributed by atoms with E-state index in [1.165, 1.54) is 0 Å². The second-order valence-corrected chi connectivity index (χ2v) is 4.54. The molecule has 0 saturated heterocycles. The van der Waals surface area contributed by atoms with E-state index in [0.717, 1.165) is 15.8 Å². The Balaban J connectivity index is 2.31. The van der Waals surface area contributed by atoms with Gasteiger partial charge < -0.3 is 9.73 Å². The molecule has 16 heavy (non-hydrogen) atoms. The van der Waals surface area contributed by atoms with E-state index in [0.29, 0.717) is 17.5 Å². The summed E-state index contributed by atoms with van der Waals surface area (Å²) in [7, 11) is 1.85. The number of hydrogen-bond donors (Lipinski definition) is 1. The van der Waals surface area contributed by atoms with Crippen LogP contribution in [0.25, 0.3) is 11.3 Å². The molecule has 2 aromatic rings. The second-order valence-electron chi connectivity index (χ2n) is 3.28. The van der Waals surface area contributed by atoms with E-state index in [2.05, 4.69) is 26.2 Å². The van der Waals surface area contributed by atoms with Gasteiger partial charge in [-0.15, -0.1) is 0 Å². The summed E-state index contributed by atoms with van der Waals surface area (Å²) < 4.78 is 6.43. The molecule has 2 rings (SSSR count). The number of nitrogens with zero attached hydrogens (tertiary/aromatic N) is 1. The van der Waals surface area contributed by atoms with Crippen LogP contribution in [0, 0.1) is 0 Å². The first-order valence-corrected chi connectivity index (χ1v) is 5.92. The fourth-order valence-corrected chi connectivity index (χ4v) is 1.75. The van der Waals surface area contributed by atoms with Gasteiger partial charge in [-0.3, -0.25) is 0 Å². The first-order valence-electron chi connectivity index (χ1n) is 4.75. The Bertz CT molecular complexity index is 498. The summed E-state index contributed by atoms with van der Waals surface area (Å²) in [5.74, 6) is 1.39. The van der Waals surface area contributed by atoms with Crippen LogP contribution in [0.2, 0.25) is 5.02 Å². The molecule has 0 bridgehead atoms. The van der Waals surface area contributed by atoms with Crippen LogP contribution in [0.3, 0.4) is 0 Å². The summed E-state index contributed by atoms with van der Waals surface area (Å²) in [6.07, 6.45) is 1.70. The Morgan fingerprint density at radius 2 is 2.31 bits per heavy atom. The summed E-state index contributed by atoms with van der Waals surface area (Å²) >= 11 is 9.35. The van der Waals surface area contributed by atoms with Crippen LogP contribution in [0.5, 0.6) is 0 Å². The van der Waals surface area contributed by atoms with Gasteiger partial charge in [0.2, 0.25) is 5.89 Å². The third kappa shape index (κ3) is 2.45. The van der Waals surface area contributed by atoms with Crippen molar-refractivity contribution in [2.24, 2.45) is 0 Å². The van der Waals surface area contributed by atoms with Gasteiger partial charge in [0.1, 0.15) is 0 Å². The summed E-state index contributed by atoms with van der Waals surface area (Å²) in [6.45, 7) is 0.615. The van der Waals surface area contributed by atoms with Crippen molar-refractivity contribution in [3.05, 3.63) is 39.8 Å². The molecule has 1 aromatic carbocycles. The number of hydrogen-bond acceptors (Lipinski definition) is 3. The molecule has 0 saturated carbocycles. The lowest BCUT2D eigenvalue weighted by Gasteiger charge is -1.99. The van der Waals surface area contributed by atoms with Crippen LogP contribution in [0.4, 0.5) is 0 Å². The minimum atomic E-state index is 0.615. The van der Waals surface area contributed by atoms with Crippen molar-refractivity contribution in [2.45, 2.75) is 6.54 Å². The highest BCUT2D eigenvalue weighted by Gasteiger charge is 2.07. The molecule has 5 heteroatoms. The van der Waals surface area contributed by atoms with Crippen molar-refractivity contribution in [1.82, 2.24) is 10.3 Å². The molecule has 84 valence electrons. The first kappa shape index (κ1) is 11.6. The van der Waals surface area contributed by atoms with Crippen LogP contribution < -0.4 is 5.32 Å². The molecule has 1 heterocycles. The summed E-state index contributed by atoms with van der Waals surface area (Å²) in [6, 6.07) is 5.66. The van der Waals surface area contributed by atoms with E-state index >= 15 is 0 Å². The summed E-state index contributed by atoms with van der Waals surface area (Å²) in [5, 5.41) is 3.64. The predicted molar refractivity (Wildman–Crippen MR) is 67.4 cm³/mol. The third-order valence-corrected chi connectivity index (χ3v) is 3.32. The lowest BCUT2D eigenvalue weighted by molar-refractivity contribution is 0.491. The van der Waals surface area contributed by atoms with E-state index in [-0.39, 0.29) is 0 Å². The maximum absolute atomic E-state index is 6.01. The van der Waals surface area contributed by atoms with Crippen molar-refractivity contribution in [1.29, 1.82) is 0 Å². The number of oxazole rings is 1. The van der Waals surface area contributed by atoms with Gasteiger partial charge in [-0.1, -0.05) is 11.6 Å². The molecular formula is C11H10BrClN2O. The molecule has 1 N–H and O–H groups in total. The molecule has 0 atom stereocenters. The smallest absolute Gasteiger partial charge is 0.208 e.